The van der Waals surface area contributed by atoms with Gasteiger partial charge < -0.3 is 40.3 Å². The maximum absolute atomic E-state index is 9.77. The number of carbonyl (C=O) groups is 2. The van der Waals surface area contributed by atoms with Gasteiger partial charge in [-0.1, -0.05) is 48.6 Å². The monoisotopic (exact) mass is 461 g/mol. The van der Waals surface area contributed by atoms with Crippen LogP contribution in [-0.4, -0.2) is 69.6 Å². The third-order valence-electron chi connectivity index (χ3n) is 4.60. The molecule has 0 fully saturated rings. The largest absolute Gasteiger partial charge is 0.479 e. The van der Waals surface area contributed by atoms with Crippen molar-refractivity contribution in [2.24, 2.45) is 0 Å². The van der Waals surface area contributed by atoms with Gasteiger partial charge in [0.15, 0.2) is 23.7 Å². The van der Waals surface area contributed by atoms with Crippen molar-refractivity contribution in [2.45, 2.75) is 24.7 Å². The van der Waals surface area contributed by atoms with Gasteiger partial charge in [0.25, 0.3) is 0 Å². The van der Waals surface area contributed by atoms with E-state index < -0.39 is 24.1 Å². The molecule has 0 aliphatic carbocycles. The van der Waals surface area contributed by atoms with Gasteiger partial charge in [0.2, 0.25) is 6.79 Å². The van der Waals surface area contributed by atoms with E-state index in [0.29, 0.717) is 6.79 Å². The van der Waals surface area contributed by atoms with E-state index in [1.54, 1.807) is 0 Å². The van der Waals surface area contributed by atoms with Crippen molar-refractivity contribution in [1.29, 1.82) is 0 Å². The molecule has 1 heterocycles. The summed E-state index contributed by atoms with van der Waals surface area (Å²) in [6.07, 6.45) is 0.539. The van der Waals surface area contributed by atoms with Gasteiger partial charge in [-0.05, 0) is 36.2 Å². The molecule has 2 unspecified atom stereocenters. The van der Waals surface area contributed by atoms with Crippen molar-refractivity contribution >= 4 is 18.0 Å². The number of aliphatic carboxylic acids is 2. The highest BCUT2D eigenvalue weighted by atomic mass is 16.7. The van der Waals surface area contributed by atoms with E-state index in [1.807, 2.05) is 48.5 Å². The van der Waals surface area contributed by atoms with Crippen LogP contribution in [0.5, 0.6) is 11.5 Å². The number of rotatable bonds is 10. The SMILES string of the molecule is O=C(O)C(O)C(O)C(=O)O.OC[C@H](NCCC=Cc1ccc2c(c1)OCO2)c1ccccc1. The molecule has 0 spiro atoms. The quantitative estimate of drug-likeness (QED) is 0.281. The molecule has 0 saturated heterocycles. The normalized spacial score (nSPS) is 14.8. The molecule has 0 amide bonds. The Hall–Kier alpha value is -3.44. The molecule has 1 aliphatic heterocycles. The first-order valence-corrected chi connectivity index (χ1v) is 10.1. The zero-order valence-electron chi connectivity index (χ0n) is 17.7. The molecule has 33 heavy (non-hydrogen) atoms. The Balaban J connectivity index is 0.000000328. The van der Waals surface area contributed by atoms with Gasteiger partial charge in [-0.15, -0.1) is 0 Å². The first-order chi connectivity index (χ1) is 15.8. The highest BCUT2D eigenvalue weighted by Crippen LogP contribution is 2.32. The molecular formula is C23H27NO9. The summed E-state index contributed by atoms with van der Waals surface area (Å²) >= 11 is 0. The van der Waals surface area contributed by atoms with Gasteiger partial charge in [-0.3, -0.25) is 0 Å². The van der Waals surface area contributed by atoms with Crippen LogP contribution < -0.4 is 14.8 Å². The van der Waals surface area contributed by atoms with Gasteiger partial charge >= 0.3 is 11.9 Å². The number of aliphatic hydroxyl groups excluding tert-OH is 3. The van der Waals surface area contributed by atoms with E-state index in [1.165, 1.54) is 0 Å². The molecule has 0 bridgehead atoms. The van der Waals surface area contributed by atoms with Gasteiger partial charge in [0.05, 0.1) is 12.6 Å². The van der Waals surface area contributed by atoms with Crippen molar-refractivity contribution in [2.75, 3.05) is 19.9 Å². The molecule has 3 rings (SSSR count). The molecule has 2 aromatic carbocycles. The minimum atomic E-state index is -2.27. The summed E-state index contributed by atoms with van der Waals surface area (Å²) < 4.78 is 10.7. The molecule has 10 heteroatoms. The van der Waals surface area contributed by atoms with Crippen LogP contribution in [-0.2, 0) is 9.59 Å². The predicted octanol–water partition coefficient (Wildman–Crippen LogP) is 1.02. The molecular weight excluding hydrogens is 434 g/mol. The summed E-state index contributed by atoms with van der Waals surface area (Å²) in [5.74, 6) is -1.93. The summed E-state index contributed by atoms with van der Waals surface area (Å²) in [7, 11) is 0. The van der Waals surface area contributed by atoms with Gasteiger partial charge in [-0.25, -0.2) is 9.59 Å². The number of fused-ring (bicyclic) bond motifs is 1. The molecule has 3 atom stereocenters. The Kier molecular flexibility index (Phi) is 10.3. The van der Waals surface area contributed by atoms with Crippen molar-refractivity contribution in [3.05, 3.63) is 65.7 Å². The number of carboxylic acids is 2. The van der Waals surface area contributed by atoms with Crippen LogP contribution in [0.2, 0.25) is 0 Å². The molecule has 10 nitrogen and oxygen atoms in total. The fourth-order valence-electron chi connectivity index (χ4n) is 2.82. The molecule has 0 saturated carbocycles. The number of nitrogens with one attached hydrogen (secondary N) is 1. The zero-order chi connectivity index (χ0) is 24.2. The second kappa shape index (κ2) is 13.2. The number of carboxylic acid groups (broad SMARTS) is 2. The summed E-state index contributed by atoms with van der Waals surface area (Å²) in [5.41, 5.74) is 2.20. The lowest BCUT2D eigenvalue weighted by Crippen LogP contribution is -2.39. The lowest BCUT2D eigenvalue weighted by atomic mass is 10.1. The van der Waals surface area contributed by atoms with E-state index in [2.05, 4.69) is 17.5 Å². The number of ether oxygens (including phenoxy) is 2. The topological polar surface area (TPSA) is 166 Å². The second-order valence-electron chi connectivity index (χ2n) is 6.97. The van der Waals surface area contributed by atoms with Crippen molar-refractivity contribution in [3.63, 3.8) is 0 Å². The van der Waals surface area contributed by atoms with E-state index in [4.69, 9.17) is 29.9 Å². The minimum absolute atomic E-state index is 0.0184. The summed E-state index contributed by atoms with van der Waals surface area (Å²) in [4.78, 5) is 19.5. The predicted molar refractivity (Wildman–Crippen MR) is 118 cm³/mol. The third kappa shape index (κ3) is 8.20. The fraction of sp³-hybridized carbons (Fsp3) is 0.304. The number of aliphatic hydroxyl groups is 3. The first kappa shape index (κ1) is 25.8. The van der Waals surface area contributed by atoms with E-state index in [-0.39, 0.29) is 12.6 Å². The number of hydrogen-bond acceptors (Lipinski definition) is 8. The maximum atomic E-state index is 9.77. The fourth-order valence-corrected chi connectivity index (χ4v) is 2.82. The molecule has 0 radical (unpaired) electrons. The van der Waals surface area contributed by atoms with Crippen LogP contribution in [0.25, 0.3) is 6.08 Å². The summed E-state index contributed by atoms with van der Waals surface area (Å²) in [6, 6.07) is 15.9. The molecule has 0 aromatic heterocycles. The van der Waals surface area contributed by atoms with Gasteiger partial charge in [0.1, 0.15) is 0 Å². The lowest BCUT2D eigenvalue weighted by Gasteiger charge is -2.15. The molecule has 1 aliphatic rings. The van der Waals surface area contributed by atoms with Gasteiger partial charge in [-0.2, -0.15) is 0 Å². The number of hydrogen-bond donors (Lipinski definition) is 6. The van der Waals surface area contributed by atoms with Crippen LogP contribution in [0.3, 0.4) is 0 Å². The highest BCUT2D eigenvalue weighted by Gasteiger charge is 2.29. The Morgan fingerprint density at radius 3 is 2.21 bits per heavy atom. The molecule has 2 aromatic rings. The molecule has 178 valence electrons. The van der Waals surface area contributed by atoms with E-state index in [0.717, 1.165) is 35.6 Å². The van der Waals surface area contributed by atoms with Crippen molar-refractivity contribution in [1.82, 2.24) is 5.32 Å². The first-order valence-electron chi connectivity index (χ1n) is 10.1. The Bertz CT molecular complexity index is 915. The Morgan fingerprint density at radius 1 is 0.970 bits per heavy atom. The van der Waals surface area contributed by atoms with Crippen molar-refractivity contribution < 1.29 is 44.6 Å². The Labute approximate surface area is 190 Å². The van der Waals surface area contributed by atoms with E-state index >= 15 is 0 Å². The van der Waals surface area contributed by atoms with Crippen molar-refractivity contribution in [3.8, 4) is 11.5 Å². The van der Waals surface area contributed by atoms with Crippen LogP contribution in [0.1, 0.15) is 23.6 Å². The summed E-state index contributed by atoms with van der Waals surface area (Å²) in [5, 5.41) is 45.4. The van der Waals surface area contributed by atoms with Crippen LogP contribution >= 0.6 is 0 Å². The standard InChI is InChI=1S/C19H21NO3.C4H6O6/c21-13-17(16-7-2-1-3-8-16)20-11-5-4-6-15-9-10-18-19(12-15)23-14-22-18;5-1(3(7)8)2(6)4(9)10/h1-4,6-10,12,17,20-21H,5,11,13-14H2;1-2,5-6H,(H,7,8)(H,9,10)/t17-;/m0./s1. The summed E-state index contributed by atoms with van der Waals surface area (Å²) in [6.45, 7) is 1.20. The Morgan fingerprint density at radius 2 is 1.61 bits per heavy atom. The molecule has 6 N–H and O–H groups in total. The van der Waals surface area contributed by atoms with Crippen LogP contribution in [0.4, 0.5) is 0 Å². The average Bonchev–Trinajstić information content (AvgIpc) is 3.29. The zero-order valence-corrected chi connectivity index (χ0v) is 17.7. The average molecular weight is 461 g/mol. The number of benzene rings is 2. The second-order valence-corrected chi connectivity index (χ2v) is 6.97. The highest BCUT2D eigenvalue weighted by molar-refractivity contribution is 5.83. The van der Waals surface area contributed by atoms with E-state index in [9.17, 15) is 14.7 Å². The van der Waals surface area contributed by atoms with Crippen LogP contribution in [0.15, 0.2) is 54.6 Å². The minimum Gasteiger partial charge on any atom is -0.479 e. The van der Waals surface area contributed by atoms with Crippen LogP contribution in [0, 0.1) is 0 Å². The maximum Gasteiger partial charge on any atom is 0.335 e. The smallest absolute Gasteiger partial charge is 0.335 e. The third-order valence-corrected chi connectivity index (χ3v) is 4.60. The van der Waals surface area contributed by atoms with Gasteiger partial charge in [0, 0.05) is 0 Å². The lowest BCUT2D eigenvalue weighted by molar-refractivity contribution is -0.165.